The zero-order valence-corrected chi connectivity index (χ0v) is 20.7. The number of nitrogens with one attached hydrogen (secondary N) is 1. The van der Waals surface area contributed by atoms with E-state index in [-0.39, 0.29) is 12.1 Å². The van der Waals surface area contributed by atoms with Gasteiger partial charge in [-0.05, 0) is 63.5 Å². The van der Waals surface area contributed by atoms with Gasteiger partial charge in [0.05, 0.1) is 17.3 Å². The average molecular weight is 566 g/mol. The first-order chi connectivity index (χ1) is 16.1. The molecule has 0 saturated carbocycles. The molecule has 0 radical (unpaired) electrons. The van der Waals surface area contributed by atoms with Crippen molar-refractivity contribution in [3.63, 3.8) is 0 Å². The van der Waals surface area contributed by atoms with Gasteiger partial charge >= 0.3 is 0 Å². The van der Waals surface area contributed by atoms with Crippen LogP contribution < -0.4 is 14.8 Å². The number of ether oxygens (including phenoxy) is 2. The molecular weight excluding hydrogens is 548 g/mol. The zero-order valence-electron chi connectivity index (χ0n) is 17.5. The van der Waals surface area contributed by atoms with Gasteiger partial charge in [0, 0.05) is 15.6 Å². The number of hydrogen-bond acceptors (Lipinski definition) is 5. The number of aromatic nitrogens is 3. The SMILES string of the molecule is COc1ccc([C@@H]2C3=C(Nc4ncnn42)c2ccccc2O[C@@H]3c2ccc(Br)cc2)cc1Br. The van der Waals surface area contributed by atoms with Crippen molar-refractivity contribution in [2.45, 2.75) is 12.1 Å². The molecular formula is C25H18Br2N4O2. The Morgan fingerprint density at radius 1 is 1.00 bits per heavy atom. The molecule has 0 amide bonds. The van der Waals surface area contributed by atoms with E-state index in [1.165, 1.54) is 0 Å². The molecule has 0 spiro atoms. The molecule has 1 aromatic heterocycles. The first kappa shape index (κ1) is 20.5. The Morgan fingerprint density at radius 2 is 1.79 bits per heavy atom. The Kier molecular flexibility index (Phi) is 4.99. The molecule has 1 N–H and O–H groups in total. The zero-order chi connectivity index (χ0) is 22.5. The summed E-state index contributed by atoms with van der Waals surface area (Å²) in [6.07, 6.45) is 1.27. The minimum Gasteiger partial charge on any atom is -0.496 e. The summed E-state index contributed by atoms with van der Waals surface area (Å²) in [5.74, 6) is 2.30. The number of anilines is 1. The second-order valence-corrected chi connectivity index (χ2v) is 9.60. The highest BCUT2D eigenvalue weighted by Gasteiger charge is 2.41. The predicted molar refractivity (Wildman–Crippen MR) is 133 cm³/mol. The van der Waals surface area contributed by atoms with Crippen LogP contribution in [0.25, 0.3) is 5.70 Å². The van der Waals surface area contributed by atoms with Crippen molar-refractivity contribution in [1.82, 2.24) is 14.8 Å². The molecule has 8 heteroatoms. The molecule has 33 heavy (non-hydrogen) atoms. The number of hydrogen-bond donors (Lipinski definition) is 1. The van der Waals surface area contributed by atoms with E-state index in [2.05, 4.69) is 77.6 Å². The van der Waals surface area contributed by atoms with Gasteiger partial charge in [0.25, 0.3) is 0 Å². The molecule has 2 aliphatic rings. The predicted octanol–water partition coefficient (Wildman–Crippen LogP) is 6.37. The molecule has 0 saturated heterocycles. The van der Waals surface area contributed by atoms with Gasteiger partial charge in [0.1, 0.15) is 30.0 Å². The number of fused-ring (bicyclic) bond motifs is 3. The van der Waals surface area contributed by atoms with Crippen LogP contribution in [0.3, 0.4) is 0 Å². The van der Waals surface area contributed by atoms with Gasteiger partial charge in [-0.3, -0.25) is 0 Å². The lowest BCUT2D eigenvalue weighted by Crippen LogP contribution is -2.32. The Labute approximate surface area is 207 Å². The van der Waals surface area contributed by atoms with Crippen molar-refractivity contribution < 1.29 is 9.47 Å². The normalized spacial score (nSPS) is 18.5. The molecule has 3 heterocycles. The summed E-state index contributed by atoms with van der Waals surface area (Å²) in [7, 11) is 1.66. The van der Waals surface area contributed by atoms with Gasteiger partial charge in [0.15, 0.2) is 0 Å². The first-order valence-corrected chi connectivity index (χ1v) is 12.0. The summed E-state index contributed by atoms with van der Waals surface area (Å²) in [5.41, 5.74) is 5.19. The van der Waals surface area contributed by atoms with Crippen molar-refractivity contribution in [2.75, 3.05) is 12.4 Å². The standard InChI is InChI=1S/C25H18Br2N4O2/c1-32-20-11-8-15(12-18(20)27)23-21-22(30-25-28-13-29-31(23)25)17-4-2-3-5-19(17)33-24(21)14-6-9-16(26)10-7-14/h2-13,23-24H,1H3,(H,28,29,30)/t23-,24-/m1/s1. The topological polar surface area (TPSA) is 61.2 Å². The van der Waals surface area contributed by atoms with Crippen LogP contribution in [0.2, 0.25) is 0 Å². The van der Waals surface area contributed by atoms with Gasteiger partial charge in [-0.15, -0.1) is 0 Å². The number of benzene rings is 3. The fourth-order valence-electron chi connectivity index (χ4n) is 4.50. The summed E-state index contributed by atoms with van der Waals surface area (Å²) in [5, 5.41) is 8.10. The smallest absolute Gasteiger partial charge is 0.226 e. The van der Waals surface area contributed by atoms with Gasteiger partial charge in [0.2, 0.25) is 5.95 Å². The van der Waals surface area contributed by atoms with E-state index < -0.39 is 0 Å². The highest BCUT2D eigenvalue weighted by molar-refractivity contribution is 9.10. The van der Waals surface area contributed by atoms with Crippen LogP contribution in [0.5, 0.6) is 11.5 Å². The highest BCUT2D eigenvalue weighted by Crippen LogP contribution is 2.51. The fraction of sp³-hybridized carbons (Fsp3) is 0.120. The molecule has 3 aromatic carbocycles. The molecule has 6 rings (SSSR count). The van der Waals surface area contributed by atoms with Crippen molar-refractivity contribution in [2.24, 2.45) is 0 Å². The van der Waals surface area contributed by atoms with Gasteiger partial charge in [-0.25, -0.2) is 4.68 Å². The molecule has 0 fully saturated rings. The second-order valence-electron chi connectivity index (χ2n) is 7.83. The quantitative estimate of drug-likeness (QED) is 0.313. The van der Waals surface area contributed by atoms with Crippen molar-refractivity contribution >= 4 is 43.5 Å². The van der Waals surface area contributed by atoms with Crippen LogP contribution in [-0.4, -0.2) is 21.9 Å². The highest BCUT2D eigenvalue weighted by atomic mass is 79.9. The van der Waals surface area contributed by atoms with Crippen LogP contribution >= 0.6 is 31.9 Å². The molecule has 6 nitrogen and oxygen atoms in total. The van der Waals surface area contributed by atoms with Gasteiger partial charge in [-0.1, -0.05) is 46.3 Å². The van der Waals surface area contributed by atoms with Gasteiger partial charge in [-0.2, -0.15) is 10.1 Å². The maximum absolute atomic E-state index is 6.63. The lowest BCUT2D eigenvalue weighted by Gasteiger charge is -2.39. The van der Waals surface area contributed by atoms with Crippen LogP contribution in [0, 0.1) is 0 Å². The monoisotopic (exact) mass is 564 g/mol. The maximum Gasteiger partial charge on any atom is 0.226 e. The van der Waals surface area contributed by atoms with Crippen molar-refractivity contribution in [1.29, 1.82) is 0 Å². The maximum atomic E-state index is 6.63. The Hall–Kier alpha value is -3.10. The average Bonchev–Trinajstić information content (AvgIpc) is 3.31. The van der Waals surface area contributed by atoms with Crippen LogP contribution in [0.4, 0.5) is 5.95 Å². The molecule has 2 aliphatic heterocycles. The molecule has 4 aromatic rings. The largest absolute Gasteiger partial charge is 0.496 e. The number of para-hydroxylation sites is 1. The van der Waals surface area contributed by atoms with E-state index in [1.807, 2.05) is 41.1 Å². The van der Waals surface area contributed by atoms with Crippen LogP contribution in [0.15, 0.2) is 87.6 Å². The minimum atomic E-state index is -0.307. The number of nitrogens with zero attached hydrogens (tertiary/aromatic N) is 3. The lowest BCUT2D eigenvalue weighted by molar-refractivity contribution is 0.223. The van der Waals surface area contributed by atoms with Crippen molar-refractivity contribution in [3.8, 4) is 11.5 Å². The van der Waals surface area contributed by atoms with E-state index >= 15 is 0 Å². The van der Waals surface area contributed by atoms with E-state index in [4.69, 9.17) is 9.47 Å². The van der Waals surface area contributed by atoms with E-state index in [1.54, 1.807) is 13.4 Å². The summed E-state index contributed by atoms with van der Waals surface area (Å²) in [6.45, 7) is 0. The Balaban J connectivity index is 1.61. The Bertz CT molecular complexity index is 1400. The fourth-order valence-corrected chi connectivity index (χ4v) is 5.33. The molecule has 0 aliphatic carbocycles. The molecule has 2 atom stereocenters. The number of methoxy groups -OCH3 is 1. The molecule has 164 valence electrons. The summed E-state index contributed by atoms with van der Waals surface area (Å²) in [6, 6.07) is 22.2. The first-order valence-electron chi connectivity index (χ1n) is 10.4. The third kappa shape index (κ3) is 3.36. The molecule has 0 unspecified atom stereocenters. The van der Waals surface area contributed by atoms with Crippen LogP contribution in [-0.2, 0) is 0 Å². The van der Waals surface area contributed by atoms with Gasteiger partial charge < -0.3 is 14.8 Å². The van der Waals surface area contributed by atoms with Crippen LogP contribution in [0.1, 0.15) is 28.8 Å². The van der Waals surface area contributed by atoms with E-state index in [9.17, 15) is 0 Å². The summed E-state index contributed by atoms with van der Waals surface area (Å²) in [4.78, 5) is 4.49. The van der Waals surface area contributed by atoms with E-state index in [0.717, 1.165) is 48.4 Å². The third-order valence-corrected chi connectivity index (χ3v) is 7.13. The summed E-state index contributed by atoms with van der Waals surface area (Å²) < 4.78 is 15.9. The Morgan fingerprint density at radius 3 is 2.58 bits per heavy atom. The lowest BCUT2D eigenvalue weighted by atomic mass is 9.84. The third-order valence-electron chi connectivity index (χ3n) is 5.99. The van der Waals surface area contributed by atoms with Crippen molar-refractivity contribution in [3.05, 3.63) is 104 Å². The number of halogens is 2. The summed E-state index contributed by atoms with van der Waals surface area (Å²) >= 11 is 7.19. The molecule has 0 bridgehead atoms. The number of rotatable bonds is 3. The second kappa shape index (κ2) is 8.04. The minimum absolute atomic E-state index is 0.219. The van der Waals surface area contributed by atoms with E-state index in [0.29, 0.717) is 5.95 Å².